The average molecular weight is 306 g/mol. The van der Waals surface area contributed by atoms with E-state index >= 15 is 0 Å². The fourth-order valence-electron chi connectivity index (χ4n) is 1.59. The van der Waals surface area contributed by atoms with Gasteiger partial charge in [-0.1, -0.05) is 36.9 Å². The first kappa shape index (κ1) is 17.2. The van der Waals surface area contributed by atoms with Crippen molar-refractivity contribution in [3.8, 4) is 0 Å². The molecule has 1 rings (SSSR count). The Morgan fingerprint density at radius 1 is 1.33 bits per heavy atom. The molecular formula is C17H20ClNO2. The first-order chi connectivity index (χ1) is 9.73. The summed E-state index contributed by atoms with van der Waals surface area (Å²) in [5.41, 5.74) is 0.880. The summed E-state index contributed by atoms with van der Waals surface area (Å²) in [6, 6.07) is 7.23. The summed E-state index contributed by atoms with van der Waals surface area (Å²) in [5.74, 6) is 0.285. The summed E-state index contributed by atoms with van der Waals surface area (Å²) < 4.78 is 5.33. The maximum atomic E-state index is 12.3. The third kappa shape index (κ3) is 5.20. The van der Waals surface area contributed by atoms with E-state index in [1.54, 1.807) is 19.1 Å². The van der Waals surface area contributed by atoms with Gasteiger partial charge in [-0.25, -0.2) is 0 Å². The quantitative estimate of drug-likeness (QED) is 0.556. The van der Waals surface area contributed by atoms with Gasteiger partial charge < -0.3 is 4.74 Å². The van der Waals surface area contributed by atoms with E-state index in [2.05, 4.69) is 18.2 Å². The molecule has 0 radical (unpaired) electrons. The van der Waals surface area contributed by atoms with E-state index in [9.17, 15) is 4.79 Å². The Morgan fingerprint density at radius 3 is 2.43 bits per heavy atom. The zero-order valence-electron chi connectivity index (χ0n) is 12.6. The zero-order valence-corrected chi connectivity index (χ0v) is 13.4. The molecule has 0 amide bonds. The highest BCUT2D eigenvalue weighted by molar-refractivity contribution is 6.30. The molecule has 21 heavy (non-hydrogen) atoms. The van der Waals surface area contributed by atoms with Crippen molar-refractivity contribution < 1.29 is 9.53 Å². The number of hydrogen-bond acceptors (Lipinski definition) is 3. The molecular weight excluding hydrogens is 286 g/mol. The van der Waals surface area contributed by atoms with Crippen molar-refractivity contribution in [3.63, 3.8) is 0 Å². The number of Topliss-reactive ketones (excluding diaryl/α,β-unsaturated/α-hetero) is 1. The topological polar surface area (TPSA) is 38.7 Å². The van der Waals surface area contributed by atoms with Gasteiger partial charge >= 0.3 is 0 Å². The van der Waals surface area contributed by atoms with Gasteiger partial charge in [0.25, 0.3) is 0 Å². The lowest BCUT2D eigenvalue weighted by Gasteiger charge is -2.23. The van der Waals surface area contributed by atoms with Crippen LogP contribution < -0.4 is 0 Å². The molecule has 0 spiro atoms. The molecule has 0 fully saturated rings. The zero-order chi connectivity index (χ0) is 16.0. The normalized spacial score (nSPS) is 11.4. The van der Waals surface area contributed by atoms with Gasteiger partial charge in [-0.15, -0.1) is 0 Å². The lowest BCUT2D eigenvalue weighted by Crippen LogP contribution is -2.32. The Kier molecular flexibility index (Phi) is 5.91. The highest BCUT2D eigenvalue weighted by atomic mass is 35.5. The van der Waals surface area contributed by atoms with E-state index in [1.807, 2.05) is 26.0 Å². The lowest BCUT2D eigenvalue weighted by molar-refractivity contribution is -0.126. The fraction of sp³-hybridized carbons (Fsp3) is 0.294. The number of benzene rings is 1. The highest BCUT2D eigenvalue weighted by Gasteiger charge is 2.29. The van der Waals surface area contributed by atoms with Crippen molar-refractivity contribution in [3.05, 3.63) is 59.5 Å². The number of carbonyl (C=O) groups excluding carboxylic acids is 1. The number of carbonyl (C=O) groups is 1. The van der Waals surface area contributed by atoms with Crippen LogP contribution in [0.25, 0.3) is 0 Å². The standard InChI is InChI=1S/C17H20ClNO2/c1-12(2)19-10-13(3)21-11-16(20)17(4,5)14-6-8-15(18)9-7-14/h6-10H,1,3,11H2,2,4-5H3. The molecule has 0 bridgehead atoms. The minimum atomic E-state index is -0.656. The van der Waals surface area contributed by atoms with E-state index < -0.39 is 5.41 Å². The summed E-state index contributed by atoms with van der Waals surface area (Å²) >= 11 is 5.86. The van der Waals surface area contributed by atoms with Gasteiger partial charge in [-0.05, 0) is 38.5 Å². The van der Waals surface area contributed by atoms with Crippen molar-refractivity contribution in [1.29, 1.82) is 0 Å². The second-order valence-electron chi connectivity index (χ2n) is 5.30. The summed E-state index contributed by atoms with van der Waals surface area (Å²) in [6.45, 7) is 12.7. The Balaban J connectivity index is 2.67. The molecule has 0 aromatic heterocycles. The van der Waals surface area contributed by atoms with Crippen LogP contribution in [-0.2, 0) is 14.9 Å². The van der Waals surface area contributed by atoms with E-state index in [0.717, 1.165) is 5.56 Å². The smallest absolute Gasteiger partial charge is 0.180 e. The number of nitrogens with zero attached hydrogens (tertiary/aromatic N) is 1. The summed E-state index contributed by atoms with van der Waals surface area (Å²) in [6.07, 6.45) is 1.45. The van der Waals surface area contributed by atoms with Gasteiger partial charge in [0.1, 0.15) is 12.4 Å². The monoisotopic (exact) mass is 305 g/mol. The number of ether oxygens (including phenoxy) is 1. The van der Waals surface area contributed by atoms with Crippen LogP contribution in [0.1, 0.15) is 26.3 Å². The van der Waals surface area contributed by atoms with Crippen LogP contribution >= 0.6 is 11.6 Å². The first-order valence-electron chi connectivity index (χ1n) is 6.54. The van der Waals surface area contributed by atoms with Crippen LogP contribution in [0.5, 0.6) is 0 Å². The van der Waals surface area contributed by atoms with Crippen LogP contribution in [0.4, 0.5) is 0 Å². The van der Waals surface area contributed by atoms with E-state index in [1.165, 1.54) is 6.21 Å². The first-order valence-corrected chi connectivity index (χ1v) is 6.92. The molecule has 0 saturated heterocycles. The highest BCUT2D eigenvalue weighted by Crippen LogP contribution is 2.26. The number of halogens is 1. The van der Waals surface area contributed by atoms with Crippen LogP contribution in [0, 0.1) is 0 Å². The molecule has 0 aliphatic rings. The minimum absolute atomic E-state index is 0.0466. The van der Waals surface area contributed by atoms with Gasteiger partial charge in [0, 0.05) is 10.7 Å². The van der Waals surface area contributed by atoms with Crippen molar-refractivity contribution in [2.45, 2.75) is 26.2 Å². The van der Waals surface area contributed by atoms with Gasteiger partial charge in [-0.2, -0.15) is 0 Å². The molecule has 0 unspecified atom stereocenters. The Bertz CT molecular complexity index is 571. The average Bonchev–Trinajstić information content (AvgIpc) is 2.42. The van der Waals surface area contributed by atoms with Crippen LogP contribution in [-0.4, -0.2) is 18.6 Å². The van der Waals surface area contributed by atoms with Crippen molar-refractivity contribution in [2.24, 2.45) is 4.99 Å². The van der Waals surface area contributed by atoms with Crippen LogP contribution in [0.2, 0.25) is 5.02 Å². The van der Waals surface area contributed by atoms with Crippen molar-refractivity contribution in [2.75, 3.05) is 6.61 Å². The Labute approximate surface area is 131 Å². The fourth-order valence-corrected chi connectivity index (χ4v) is 1.71. The van der Waals surface area contributed by atoms with Gasteiger partial charge in [0.15, 0.2) is 5.78 Å². The lowest BCUT2D eigenvalue weighted by atomic mass is 9.81. The van der Waals surface area contributed by atoms with E-state index in [4.69, 9.17) is 16.3 Å². The number of rotatable bonds is 7. The molecule has 0 saturated carbocycles. The maximum absolute atomic E-state index is 12.3. The molecule has 112 valence electrons. The maximum Gasteiger partial charge on any atom is 0.180 e. The molecule has 0 aliphatic heterocycles. The van der Waals surface area contributed by atoms with Crippen molar-refractivity contribution in [1.82, 2.24) is 0 Å². The number of ketones is 1. The summed E-state index contributed by atoms with van der Waals surface area (Å²) in [5, 5.41) is 0.641. The Hall–Kier alpha value is -1.87. The van der Waals surface area contributed by atoms with Gasteiger partial charge in [0.2, 0.25) is 0 Å². The molecule has 3 nitrogen and oxygen atoms in total. The molecule has 0 atom stereocenters. The summed E-state index contributed by atoms with van der Waals surface area (Å²) in [7, 11) is 0. The third-order valence-electron chi connectivity index (χ3n) is 3.08. The van der Waals surface area contributed by atoms with Crippen molar-refractivity contribution >= 4 is 23.6 Å². The molecule has 0 heterocycles. The number of allylic oxidation sites excluding steroid dienone is 2. The number of aliphatic imine (C=N–C) groups is 1. The number of hydrogen-bond donors (Lipinski definition) is 0. The van der Waals surface area contributed by atoms with E-state index in [-0.39, 0.29) is 12.4 Å². The predicted molar refractivity (Wildman–Crippen MR) is 87.9 cm³/mol. The molecule has 1 aromatic carbocycles. The molecule has 0 aliphatic carbocycles. The molecule has 4 heteroatoms. The molecule has 0 N–H and O–H groups in total. The molecule has 1 aromatic rings. The summed E-state index contributed by atoms with van der Waals surface area (Å²) in [4.78, 5) is 16.3. The largest absolute Gasteiger partial charge is 0.485 e. The van der Waals surface area contributed by atoms with E-state index in [0.29, 0.717) is 16.5 Å². The van der Waals surface area contributed by atoms with Gasteiger partial charge in [0.05, 0.1) is 11.6 Å². The minimum Gasteiger partial charge on any atom is -0.485 e. The SMILES string of the molecule is C=C(C)N=CC(=C)OCC(=O)C(C)(C)c1ccc(Cl)cc1. The van der Waals surface area contributed by atoms with Gasteiger partial charge in [-0.3, -0.25) is 9.79 Å². The Morgan fingerprint density at radius 2 is 1.90 bits per heavy atom. The second kappa shape index (κ2) is 7.23. The second-order valence-corrected chi connectivity index (χ2v) is 5.74. The third-order valence-corrected chi connectivity index (χ3v) is 3.33. The van der Waals surface area contributed by atoms with Crippen LogP contribution in [0.15, 0.2) is 53.9 Å². The van der Waals surface area contributed by atoms with Crippen LogP contribution in [0.3, 0.4) is 0 Å². The predicted octanol–water partition coefficient (Wildman–Crippen LogP) is 4.32.